The van der Waals surface area contributed by atoms with Crippen molar-refractivity contribution in [2.45, 2.75) is 174 Å². The van der Waals surface area contributed by atoms with Crippen molar-refractivity contribution in [1.82, 2.24) is 0 Å². The summed E-state index contributed by atoms with van der Waals surface area (Å²) in [6, 6.07) is 0. The van der Waals surface area contributed by atoms with Crippen LogP contribution in [-0.2, 0) is 23.7 Å². The van der Waals surface area contributed by atoms with Gasteiger partial charge in [0.25, 0.3) is 0 Å². The largest absolute Gasteiger partial charge is 0.481 e. The van der Waals surface area contributed by atoms with Crippen LogP contribution in [0.15, 0.2) is 11.6 Å². The van der Waals surface area contributed by atoms with Gasteiger partial charge in [0.2, 0.25) is 0 Å². The van der Waals surface area contributed by atoms with Gasteiger partial charge in [0.15, 0.2) is 12.6 Å². The number of hydrogen-bond acceptors (Lipinski definition) is 12. The number of allylic oxidation sites excluding steroid dienone is 2. The highest BCUT2D eigenvalue weighted by Crippen LogP contribution is 2.76. The van der Waals surface area contributed by atoms with Gasteiger partial charge in [-0.3, -0.25) is 4.79 Å². The highest BCUT2D eigenvalue weighted by molar-refractivity contribution is 5.77. The summed E-state index contributed by atoms with van der Waals surface area (Å²) in [5.41, 5.74) is -0.924. The molecule has 0 aromatic rings. The molecule has 0 aromatic carbocycles. The third kappa shape index (κ3) is 5.92. The van der Waals surface area contributed by atoms with Crippen LogP contribution in [0.4, 0.5) is 0 Å². The predicted octanol–water partition coefficient (Wildman–Crippen LogP) is 2.49. The highest BCUT2D eigenvalue weighted by Gasteiger charge is 2.71. The normalized spacial score (nSPS) is 53.9. The van der Waals surface area contributed by atoms with Gasteiger partial charge in [-0.1, -0.05) is 60.1 Å². The van der Waals surface area contributed by atoms with Crippen LogP contribution in [0.25, 0.3) is 0 Å². The lowest BCUT2D eigenvalue weighted by Gasteiger charge is -2.71. The third-order valence-corrected chi connectivity index (χ3v) is 16.9. The molecule has 4 saturated carbocycles. The molecular weight excluding hydrogens is 700 g/mol. The lowest BCUT2D eigenvalue weighted by Crippen LogP contribution is -2.68. The quantitative estimate of drug-likeness (QED) is 0.144. The fourth-order valence-electron chi connectivity index (χ4n) is 13.4. The monoisotopic (exact) mass is 766 g/mol. The van der Waals surface area contributed by atoms with Gasteiger partial charge in [0.05, 0.1) is 25.4 Å². The molecule has 0 spiro atoms. The van der Waals surface area contributed by atoms with Gasteiger partial charge in [-0.25, -0.2) is 0 Å². The van der Waals surface area contributed by atoms with Crippen molar-refractivity contribution in [1.29, 1.82) is 0 Å². The Labute approximate surface area is 319 Å². The van der Waals surface area contributed by atoms with E-state index in [0.29, 0.717) is 19.3 Å². The van der Waals surface area contributed by atoms with Crippen molar-refractivity contribution < 1.29 is 64.6 Å². The van der Waals surface area contributed by atoms with Crippen molar-refractivity contribution in [3.05, 3.63) is 11.6 Å². The minimum absolute atomic E-state index is 0.0105. The van der Waals surface area contributed by atoms with Crippen LogP contribution in [0, 0.1) is 50.2 Å². The highest BCUT2D eigenvalue weighted by atomic mass is 16.7. The van der Waals surface area contributed by atoms with Crippen molar-refractivity contribution in [3.8, 4) is 0 Å². The molecule has 18 atom stereocenters. The van der Waals surface area contributed by atoms with E-state index < -0.39 is 72.8 Å². The molecule has 13 heteroatoms. The van der Waals surface area contributed by atoms with E-state index >= 15 is 0 Å². The SMILES string of the molecule is CC1(C)CCC2(C(=O)O)C(O)CC3(C)C(=CCC4C5(C)CCC(OC6OC(COC7OCC(O)C(O)C7O)C(O)C(O)C6O)C(C)(C)C5CCC43C)C2C1. The summed E-state index contributed by atoms with van der Waals surface area (Å²) < 4.78 is 23.6. The van der Waals surface area contributed by atoms with E-state index in [1.807, 2.05) is 0 Å². The van der Waals surface area contributed by atoms with Crippen LogP contribution in [0.3, 0.4) is 0 Å². The molecule has 2 saturated heterocycles. The average molecular weight is 767 g/mol. The lowest BCUT2D eigenvalue weighted by atomic mass is 9.33. The van der Waals surface area contributed by atoms with Crippen LogP contribution < -0.4 is 0 Å². The van der Waals surface area contributed by atoms with E-state index in [2.05, 4.69) is 54.5 Å². The van der Waals surface area contributed by atoms with Crippen LogP contribution in [0.1, 0.15) is 106 Å². The van der Waals surface area contributed by atoms with E-state index in [4.69, 9.17) is 18.9 Å². The molecule has 5 aliphatic carbocycles. The first-order valence-electron chi connectivity index (χ1n) is 20.3. The first-order chi connectivity index (χ1) is 25.0. The Bertz CT molecular complexity index is 1470. The van der Waals surface area contributed by atoms with Gasteiger partial charge in [-0.15, -0.1) is 0 Å². The molecule has 2 heterocycles. The molecule has 7 rings (SSSR count). The Morgan fingerprint density at radius 2 is 1.48 bits per heavy atom. The Morgan fingerprint density at radius 1 is 0.796 bits per heavy atom. The fourth-order valence-corrected chi connectivity index (χ4v) is 13.4. The molecule has 6 fully saturated rings. The maximum absolute atomic E-state index is 13.1. The molecular formula is C41H66O13. The van der Waals surface area contributed by atoms with Crippen LogP contribution in [0.2, 0.25) is 0 Å². The standard InChI is InChI=1S/C41H66O13/c1-36(2)14-15-41(35(49)50)21(16-36)20-8-9-25-38(5)12-11-27(37(3,4)24(38)10-13-39(25,6)40(20,7)17-26(41)43)54-34-32(48)30(46)29(45)23(53-34)19-52-33-31(47)28(44)22(42)18-51-33/h8,21-34,42-48H,9-19H2,1-7H3,(H,49,50). The zero-order valence-corrected chi connectivity index (χ0v) is 33.1. The number of carbonyl (C=O) groups is 1. The minimum Gasteiger partial charge on any atom is -0.481 e. The topological polar surface area (TPSA) is 216 Å². The molecule has 13 nitrogen and oxygen atoms in total. The summed E-state index contributed by atoms with van der Waals surface area (Å²) in [6.45, 7) is 15.4. The number of carboxylic acid groups (broad SMARTS) is 1. The maximum Gasteiger partial charge on any atom is 0.312 e. The number of aliphatic hydroxyl groups is 7. The third-order valence-electron chi connectivity index (χ3n) is 16.9. The number of aliphatic carboxylic acids is 1. The van der Waals surface area contributed by atoms with Gasteiger partial charge in [0, 0.05) is 0 Å². The second-order valence-electron chi connectivity index (χ2n) is 20.4. The Morgan fingerprint density at radius 3 is 2.17 bits per heavy atom. The van der Waals surface area contributed by atoms with Gasteiger partial charge in [-0.05, 0) is 103 Å². The number of ether oxygens (including phenoxy) is 4. The number of rotatable bonds is 6. The molecule has 54 heavy (non-hydrogen) atoms. The predicted molar refractivity (Wildman–Crippen MR) is 193 cm³/mol. The van der Waals surface area contributed by atoms with E-state index in [-0.39, 0.29) is 64.1 Å². The second kappa shape index (κ2) is 13.7. The van der Waals surface area contributed by atoms with Crippen molar-refractivity contribution >= 4 is 5.97 Å². The fraction of sp³-hybridized carbons (Fsp3) is 0.927. The molecule has 308 valence electrons. The van der Waals surface area contributed by atoms with Crippen LogP contribution in [-0.4, -0.2) is 128 Å². The second-order valence-corrected chi connectivity index (χ2v) is 20.4. The molecule has 0 radical (unpaired) electrons. The molecule has 8 N–H and O–H groups in total. The Hall–Kier alpha value is -1.23. The van der Waals surface area contributed by atoms with Crippen molar-refractivity contribution in [2.24, 2.45) is 50.2 Å². The number of aliphatic hydroxyl groups excluding tert-OH is 7. The Balaban J connectivity index is 1.10. The van der Waals surface area contributed by atoms with Gasteiger partial charge >= 0.3 is 5.97 Å². The smallest absolute Gasteiger partial charge is 0.312 e. The number of fused-ring (bicyclic) bond motifs is 7. The van der Waals surface area contributed by atoms with Crippen molar-refractivity contribution in [3.63, 3.8) is 0 Å². The van der Waals surface area contributed by atoms with E-state index in [1.54, 1.807) is 0 Å². The van der Waals surface area contributed by atoms with Crippen LogP contribution >= 0.6 is 0 Å². The first kappa shape index (κ1) is 40.9. The molecule has 0 amide bonds. The summed E-state index contributed by atoms with van der Waals surface area (Å²) in [4.78, 5) is 13.1. The molecule has 18 unspecified atom stereocenters. The number of hydrogen-bond donors (Lipinski definition) is 8. The average Bonchev–Trinajstić information content (AvgIpc) is 3.08. The Kier molecular flexibility index (Phi) is 10.4. The molecule has 2 aliphatic heterocycles. The minimum atomic E-state index is -1.60. The first-order valence-corrected chi connectivity index (χ1v) is 20.3. The van der Waals surface area contributed by atoms with Gasteiger partial charge in [-0.2, -0.15) is 0 Å². The maximum atomic E-state index is 13.1. The summed E-state index contributed by atoms with van der Waals surface area (Å²) in [6.07, 6.45) is -4.94. The van der Waals surface area contributed by atoms with Crippen LogP contribution in [0.5, 0.6) is 0 Å². The number of carboxylic acids is 1. The molecule has 7 aliphatic rings. The zero-order chi connectivity index (χ0) is 39.6. The van der Waals surface area contributed by atoms with Gasteiger partial charge < -0.3 is 59.8 Å². The molecule has 0 aromatic heterocycles. The van der Waals surface area contributed by atoms with E-state index in [1.165, 1.54) is 5.57 Å². The summed E-state index contributed by atoms with van der Waals surface area (Å²) in [5.74, 6) is -0.568. The van der Waals surface area contributed by atoms with E-state index in [9.17, 15) is 45.6 Å². The summed E-state index contributed by atoms with van der Waals surface area (Å²) >= 11 is 0. The summed E-state index contributed by atoms with van der Waals surface area (Å²) in [7, 11) is 0. The summed E-state index contributed by atoms with van der Waals surface area (Å²) in [5, 5.41) is 85.4. The van der Waals surface area contributed by atoms with E-state index in [0.717, 1.165) is 38.5 Å². The van der Waals surface area contributed by atoms with Gasteiger partial charge in [0.1, 0.15) is 48.1 Å². The van der Waals surface area contributed by atoms with Crippen molar-refractivity contribution in [2.75, 3.05) is 13.2 Å². The molecule has 0 bridgehead atoms. The lowest BCUT2D eigenvalue weighted by molar-refractivity contribution is -0.340. The zero-order valence-electron chi connectivity index (χ0n) is 33.1.